The highest BCUT2D eigenvalue weighted by atomic mass is 16.8. The standard InChI is InChI=1S/C22H34N2O4/c1-14(2)27-20-13-18(17(12-19(20)23)15-6-7-15)16-8-10-24(11-9-16,22(3,4)5)28-21(25)26/h12-16H,6-11,23H2,1-5H3/p+1. The number of ether oxygens (including phenoxy) is 1. The zero-order valence-electron chi connectivity index (χ0n) is 17.8. The van der Waals surface area contributed by atoms with Crippen LogP contribution in [0, 0.1) is 0 Å². The largest absolute Gasteiger partial charge is 0.557 e. The number of benzene rings is 1. The fourth-order valence-corrected chi connectivity index (χ4v) is 4.43. The third kappa shape index (κ3) is 4.22. The number of carbonyl (C=O) groups is 1. The SMILES string of the molecule is CC(C)Oc1cc(C2CC[N+](OC(=O)O)(C(C)(C)C)CC2)c(C2CC2)cc1N. The third-order valence-corrected chi connectivity index (χ3v) is 6.19. The summed E-state index contributed by atoms with van der Waals surface area (Å²) < 4.78 is 6.10. The lowest BCUT2D eigenvalue weighted by molar-refractivity contribution is -1.13. The van der Waals surface area contributed by atoms with E-state index in [1.165, 1.54) is 24.0 Å². The first-order valence-electron chi connectivity index (χ1n) is 10.4. The van der Waals surface area contributed by atoms with Crippen LogP contribution in [0.1, 0.15) is 83.3 Å². The fourth-order valence-electron chi connectivity index (χ4n) is 4.43. The average Bonchev–Trinajstić information content (AvgIpc) is 3.40. The number of hydrogen-bond acceptors (Lipinski definition) is 4. The molecule has 1 aliphatic heterocycles. The van der Waals surface area contributed by atoms with Crippen LogP contribution in [0.5, 0.6) is 5.75 Å². The van der Waals surface area contributed by atoms with Gasteiger partial charge in [0.1, 0.15) is 24.4 Å². The molecule has 28 heavy (non-hydrogen) atoms. The minimum Gasteiger partial charge on any atom is -0.489 e. The smallest absolute Gasteiger partial charge is 0.489 e. The Bertz CT molecular complexity index is 727. The lowest BCUT2D eigenvalue weighted by atomic mass is 9.83. The maximum absolute atomic E-state index is 11.3. The molecule has 2 fully saturated rings. The van der Waals surface area contributed by atoms with Crippen LogP contribution in [0.25, 0.3) is 0 Å². The number of likely N-dealkylation sites (tertiary alicyclic amines) is 1. The van der Waals surface area contributed by atoms with E-state index in [0.717, 1.165) is 18.6 Å². The van der Waals surface area contributed by atoms with Gasteiger partial charge in [0.25, 0.3) is 0 Å². The van der Waals surface area contributed by atoms with Crippen molar-refractivity contribution in [3.8, 4) is 5.75 Å². The van der Waals surface area contributed by atoms with E-state index in [2.05, 4.69) is 12.1 Å². The number of hydrogen-bond donors (Lipinski definition) is 2. The van der Waals surface area contributed by atoms with E-state index < -0.39 is 6.16 Å². The molecular weight excluding hydrogens is 356 g/mol. The number of nitrogens with zero attached hydrogens (tertiary/aromatic N) is 1. The molecule has 3 rings (SSSR count). The predicted molar refractivity (Wildman–Crippen MR) is 109 cm³/mol. The van der Waals surface area contributed by atoms with E-state index in [4.69, 9.17) is 15.3 Å². The lowest BCUT2D eigenvalue weighted by Gasteiger charge is -2.47. The van der Waals surface area contributed by atoms with E-state index in [1.54, 1.807) is 0 Å². The van der Waals surface area contributed by atoms with Crippen molar-refractivity contribution in [2.45, 2.75) is 83.8 Å². The van der Waals surface area contributed by atoms with Crippen molar-refractivity contribution >= 4 is 11.8 Å². The topological polar surface area (TPSA) is 81.8 Å². The Hall–Kier alpha value is -1.95. The summed E-state index contributed by atoms with van der Waals surface area (Å²) in [7, 11) is 0. The highest BCUT2D eigenvalue weighted by Gasteiger charge is 2.49. The molecule has 0 spiro atoms. The molecule has 1 aromatic rings. The summed E-state index contributed by atoms with van der Waals surface area (Å²) in [4.78, 5) is 16.8. The first-order chi connectivity index (χ1) is 13.0. The molecule has 6 nitrogen and oxygen atoms in total. The van der Waals surface area contributed by atoms with Crippen LogP contribution in [0.3, 0.4) is 0 Å². The molecule has 1 saturated carbocycles. The minimum absolute atomic E-state index is 0.0717. The maximum Gasteiger partial charge on any atom is 0.557 e. The Morgan fingerprint density at radius 2 is 1.64 bits per heavy atom. The van der Waals surface area contributed by atoms with Crippen molar-refractivity contribution in [1.82, 2.24) is 0 Å². The quantitative estimate of drug-likeness (QED) is 0.543. The molecule has 0 amide bonds. The second-order valence-electron chi connectivity index (χ2n) is 9.60. The predicted octanol–water partition coefficient (Wildman–Crippen LogP) is 5.04. The Balaban J connectivity index is 1.87. The van der Waals surface area contributed by atoms with Crippen LogP contribution in [-0.2, 0) is 4.84 Å². The Kier molecular flexibility index (Phi) is 5.54. The highest BCUT2D eigenvalue weighted by Crippen LogP contribution is 2.48. The molecule has 1 saturated heterocycles. The highest BCUT2D eigenvalue weighted by molar-refractivity contribution is 5.59. The summed E-state index contributed by atoms with van der Waals surface area (Å²) in [5, 5.41) is 9.28. The Labute approximate surface area is 168 Å². The van der Waals surface area contributed by atoms with Crippen LogP contribution in [0.15, 0.2) is 12.1 Å². The zero-order chi connectivity index (χ0) is 20.7. The number of anilines is 1. The monoisotopic (exact) mass is 391 g/mol. The summed E-state index contributed by atoms with van der Waals surface area (Å²) in [6, 6.07) is 4.25. The molecular formula is C22H35N2O4+. The molecule has 6 heteroatoms. The number of rotatable bonds is 5. The van der Waals surface area contributed by atoms with Crippen LogP contribution in [0.4, 0.5) is 10.5 Å². The van der Waals surface area contributed by atoms with Gasteiger partial charge in [-0.05, 0) is 82.6 Å². The van der Waals surface area contributed by atoms with Gasteiger partial charge < -0.3 is 15.6 Å². The van der Waals surface area contributed by atoms with Crippen molar-refractivity contribution in [3.05, 3.63) is 23.3 Å². The van der Waals surface area contributed by atoms with E-state index >= 15 is 0 Å². The molecule has 1 heterocycles. The molecule has 1 aromatic carbocycles. The molecule has 2 aliphatic rings. The van der Waals surface area contributed by atoms with Gasteiger partial charge >= 0.3 is 6.16 Å². The number of quaternary nitrogens is 1. The van der Waals surface area contributed by atoms with E-state index in [9.17, 15) is 9.90 Å². The first-order valence-corrected chi connectivity index (χ1v) is 10.4. The molecule has 0 bridgehead atoms. The average molecular weight is 392 g/mol. The summed E-state index contributed by atoms with van der Waals surface area (Å²) in [6.07, 6.45) is 3.07. The zero-order valence-corrected chi connectivity index (χ0v) is 17.8. The number of nitrogen functional groups attached to an aromatic ring is 1. The van der Waals surface area contributed by atoms with Gasteiger partial charge in [0.15, 0.2) is 0 Å². The lowest BCUT2D eigenvalue weighted by Crippen LogP contribution is -2.63. The maximum atomic E-state index is 11.3. The van der Waals surface area contributed by atoms with Crippen LogP contribution in [0.2, 0.25) is 0 Å². The van der Waals surface area contributed by atoms with Crippen molar-refractivity contribution in [1.29, 1.82) is 0 Å². The number of piperidine rings is 1. The summed E-state index contributed by atoms with van der Waals surface area (Å²) in [6.45, 7) is 11.5. The second-order valence-corrected chi connectivity index (χ2v) is 9.60. The van der Waals surface area contributed by atoms with Gasteiger partial charge in [-0.3, -0.25) is 0 Å². The summed E-state index contributed by atoms with van der Waals surface area (Å²) in [5.41, 5.74) is 9.37. The van der Waals surface area contributed by atoms with Crippen molar-refractivity contribution in [3.63, 3.8) is 0 Å². The molecule has 1 aliphatic carbocycles. The molecule has 0 atom stereocenters. The Morgan fingerprint density at radius 3 is 2.11 bits per heavy atom. The number of carboxylic acid groups (broad SMARTS) is 1. The first kappa shape index (κ1) is 20.8. The van der Waals surface area contributed by atoms with Crippen LogP contribution < -0.4 is 10.5 Å². The van der Waals surface area contributed by atoms with Crippen molar-refractivity contribution in [2.24, 2.45) is 0 Å². The van der Waals surface area contributed by atoms with E-state index in [-0.39, 0.29) is 16.3 Å². The third-order valence-electron chi connectivity index (χ3n) is 6.19. The Morgan fingerprint density at radius 1 is 1.11 bits per heavy atom. The minimum atomic E-state index is -1.20. The molecule has 0 radical (unpaired) electrons. The van der Waals surface area contributed by atoms with E-state index in [0.29, 0.717) is 30.6 Å². The molecule has 156 valence electrons. The van der Waals surface area contributed by atoms with Gasteiger partial charge in [-0.15, -0.1) is 4.65 Å². The van der Waals surface area contributed by atoms with E-state index in [1.807, 2.05) is 34.6 Å². The van der Waals surface area contributed by atoms with Crippen LogP contribution in [-0.4, -0.2) is 40.6 Å². The number of nitrogens with two attached hydrogens (primary N) is 1. The van der Waals surface area contributed by atoms with Gasteiger partial charge in [0.2, 0.25) is 0 Å². The fraction of sp³-hybridized carbons (Fsp3) is 0.682. The van der Waals surface area contributed by atoms with Gasteiger partial charge in [0, 0.05) is 12.8 Å². The second kappa shape index (κ2) is 7.47. The van der Waals surface area contributed by atoms with Gasteiger partial charge in [-0.1, -0.05) is 0 Å². The summed E-state index contributed by atoms with van der Waals surface area (Å²) in [5.74, 6) is 1.74. The van der Waals surface area contributed by atoms with Crippen molar-refractivity contribution in [2.75, 3.05) is 18.8 Å². The summed E-state index contributed by atoms with van der Waals surface area (Å²) >= 11 is 0. The molecule has 0 aromatic heterocycles. The van der Waals surface area contributed by atoms with Crippen LogP contribution >= 0.6 is 0 Å². The van der Waals surface area contributed by atoms with Gasteiger partial charge in [0.05, 0.1) is 11.8 Å². The number of hydroxylamine groups is 3. The van der Waals surface area contributed by atoms with Gasteiger partial charge in [-0.2, -0.15) is 4.79 Å². The molecule has 3 N–H and O–H groups in total. The van der Waals surface area contributed by atoms with Crippen molar-refractivity contribution < 1.29 is 24.1 Å². The van der Waals surface area contributed by atoms with Gasteiger partial charge in [-0.25, -0.2) is 4.84 Å². The molecule has 0 unspecified atom stereocenters. The normalized spacial score (nSPS) is 25.6.